The summed E-state index contributed by atoms with van der Waals surface area (Å²) in [6.45, 7) is 1.88. The van der Waals surface area contributed by atoms with Gasteiger partial charge < -0.3 is 42.2 Å². The third-order valence-corrected chi connectivity index (χ3v) is 6.47. The van der Waals surface area contributed by atoms with Crippen LogP contribution < -0.4 is 27.0 Å². The van der Waals surface area contributed by atoms with E-state index in [0.29, 0.717) is 18.5 Å². The molecule has 206 valence electrons. The highest BCUT2D eigenvalue weighted by Crippen LogP contribution is 2.19. The van der Waals surface area contributed by atoms with Gasteiger partial charge in [0.05, 0.1) is 12.1 Å². The molecular weight excluding hydrogens is 496 g/mol. The Bertz CT molecular complexity index is 1170. The van der Waals surface area contributed by atoms with Crippen LogP contribution in [0.4, 0.5) is 0 Å². The van der Waals surface area contributed by atoms with Crippen LogP contribution in [0.2, 0.25) is 0 Å². The van der Waals surface area contributed by atoms with E-state index in [0.717, 1.165) is 17.3 Å². The van der Waals surface area contributed by atoms with E-state index in [4.69, 9.17) is 5.73 Å². The molecule has 9 N–H and O–H groups in total. The van der Waals surface area contributed by atoms with Gasteiger partial charge in [-0.2, -0.15) is 0 Å². The molecule has 0 aliphatic carbocycles. The number of hydrogen-bond donors (Lipinski definition) is 8. The number of benzene rings is 1. The van der Waals surface area contributed by atoms with Crippen molar-refractivity contribution in [2.24, 2.45) is 5.73 Å². The SMILES string of the molecule is CC(O)C(NC(=O)C(Cc1c[nH]c2ccccc12)NC(=O)C(CCC(N)=O)NC(=O)C1CCCN1)C(=O)O. The molecule has 13 nitrogen and oxygen atoms in total. The molecule has 2 heterocycles. The van der Waals surface area contributed by atoms with Gasteiger partial charge in [-0.25, -0.2) is 4.79 Å². The van der Waals surface area contributed by atoms with Crippen molar-refractivity contribution >= 4 is 40.5 Å². The van der Waals surface area contributed by atoms with Crippen LogP contribution >= 0.6 is 0 Å². The molecule has 0 spiro atoms. The average Bonchev–Trinajstić information content (AvgIpc) is 3.54. The molecule has 2 aromatic rings. The quantitative estimate of drug-likeness (QED) is 0.154. The second kappa shape index (κ2) is 13.0. The summed E-state index contributed by atoms with van der Waals surface area (Å²) in [6.07, 6.45) is 1.38. The lowest BCUT2D eigenvalue weighted by Gasteiger charge is -2.25. The number of carbonyl (C=O) groups is 5. The highest BCUT2D eigenvalue weighted by Gasteiger charge is 2.33. The van der Waals surface area contributed by atoms with Crippen LogP contribution in [0.1, 0.15) is 38.2 Å². The van der Waals surface area contributed by atoms with Gasteiger partial charge in [-0.15, -0.1) is 0 Å². The third kappa shape index (κ3) is 7.52. The summed E-state index contributed by atoms with van der Waals surface area (Å²) < 4.78 is 0. The van der Waals surface area contributed by atoms with Crippen molar-refractivity contribution in [1.29, 1.82) is 0 Å². The van der Waals surface area contributed by atoms with E-state index in [1.165, 1.54) is 6.92 Å². The number of nitrogens with two attached hydrogens (primary N) is 1. The molecule has 5 atom stereocenters. The summed E-state index contributed by atoms with van der Waals surface area (Å²) in [5.41, 5.74) is 6.74. The number of carboxylic acids is 1. The van der Waals surface area contributed by atoms with Gasteiger partial charge in [0.1, 0.15) is 12.1 Å². The summed E-state index contributed by atoms with van der Waals surface area (Å²) >= 11 is 0. The van der Waals surface area contributed by atoms with Crippen molar-refractivity contribution in [3.05, 3.63) is 36.0 Å². The molecule has 5 unspecified atom stereocenters. The molecule has 1 saturated heterocycles. The van der Waals surface area contributed by atoms with Crippen molar-refractivity contribution in [3.63, 3.8) is 0 Å². The maximum Gasteiger partial charge on any atom is 0.328 e. The van der Waals surface area contributed by atoms with Gasteiger partial charge in [-0.3, -0.25) is 19.2 Å². The summed E-state index contributed by atoms with van der Waals surface area (Å²) in [5, 5.41) is 30.6. The first-order valence-corrected chi connectivity index (χ1v) is 12.5. The molecule has 1 aromatic carbocycles. The normalized spacial score (nSPS) is 18.2. The number of fused-ring (bicyclic) bond motifs is 1. The van der Waals surface area contributed by atoms with Gasteiger partial charge in [-0.1, -0.05) is 18.2 Å². The number of carboxylic acid groups (broad SMARTS) is 1. The largest absolute Gasteiger partial charge is 0.480 e. The number of amides is 4. The van der Waals surface area contributed by atoms with Crippen LogP contribution in [-0.4, -0.2) is 81.6 Å². The van der Waals surface area contributed by atoms with Gasteiger partial charge >= 0.3 is 5.97 Å². The first-order chi connectivity index (χ1) is 18.1. The van der Waals surface area contributed by atoms with Gasteiger partial charge in [-0.05, 0) is 44.4 Å². The van der Waals surface area contributed by atoms with Crippen molar-refractivity contribution in [1.82, 2.24) is 26.3 Å². The van der Waals surface area contributed by atoms with Crippen LogP contribution in [0, 0.1) is 0 Å². The van der Waals surface area contributed by atoms with E-state index in [-0.39, 0.29) is 19.3 Å². The predicted molar refractivity (Wildman–Crippen MR) is 137 cm³/mol. The zero-order valence-electron chi connectivity index (χ0n) is 21.0. The van der Waals surface area contributed by atoms with Crippen LogP contribution in [0.5, 0.6) is 0 Å². The van der Waals surface area contributed by atoms with Crippen molar-refractivity contribution in [2.45, 2.75) is 69.3 Å². The molecule has 4 amide bonds. The molecule has 3 rings (SSSR count). The Balaban J connectivity index is 1.84. The summed E-state index contributed by atoms with van der Waals surface area (Å²) in [7, 11) is 0. The lowest BCUT2D eigenvalue weighted by Crippen LogP contribution is -2.58. The Morgan fingerprint density at radius 3 is 2.42 bits per heavy atom. The number of rotatable bonds is 13. The van der Waals surface area contributed by atoms with Crippen LogP contribution in [0.3, 0.4) is 0 Å². The lowest BCUT2D eigenvalue weighted by molar-refractivity contribution is -0.145. The fourth-order valence-electron chi connectivity index (χ4n) is 4.38. The van der Waals surface area contributed by atoms with Crippen LogP contribution in [-0.2, 0) is 30.4 Å². The molecule has 1 aromatic heterocycles. The number of H-pyrrole nitrogens is 1. The van der Waals surface area contributed by atoms with Gasteiger partial charge in [0.2, 0.25) is 23.6 Å². The van der Waals surface area contributed by atoms with Crippen molar-refractivity contribution in [3.8, 4) is 0 Å². The number of aliphatic carboxylic acids is 1. The summed E-state index contributed by atoms with van der Waals surface area (Å²) in [4.78, 5) is 65.2. The topological polar surface area (TPSA) is 216 Å². The third-order valence-electron chi connectivity index (χ3n) is 6.47. The number of aliphatic hydroxyl groups is 1. The van der Waals surface area contributed by atoms with Gasteiger partial charge in [0.15, 0.2) is 6.04 Å². The van der Waals surface area contributed by atoms with Crippen molar-refractivity contribution < 1.29 is 34.2 Å². The Morgan fingerprint density at radius 2 is 1.79 bits per heavy atom. The molecule has 1 fully saturated rings. The average molecular weight is 531 g/mol. The maximum atomic E-state index is 13.3. The van der Waals surface area contributed by atoms with Gasteiger partial charge in [0, 0.05) is 29.9 Å². The number of para-hydroxylation sites is 1. The number of aliphatic hydroxyl groups excluding tert-OH is 1. The Labute approximate surface area is 218 Å². The number of primary amides is 1. The minimum atomic E-state index is -1.61. The zero-order chi connectivity index (χ0) is 27.8. The number of aromatic amines is 1. The second-order valence-corrected chi connectivity index (χ2v) is 9.40. The number of carbonyl (C=O) groups excluding carboxylic acids is 4. The van der Waals surface area contributed by atoms with E-state index >= 15 is 0 Å². The zero-order valence-corrected chi connectivity index (χ0v) is 21.0. The second-order valence-electron chi connectivity index (χ2n) is 9.40. The smallest absolute Gasteiger partial charge is 0.328 e. The van der Waals surface area contributed by atoms with Crippen molar-refractivity contribution in [2.75, 3.05) is 6.54 Å². The molecular formula is C25H34N6O7. The van der Waals surface area contributed by atoms with Crippen LogP contribution in [0.25, 0.3) is 10.9 Å². The van der Waals surface area contributed by atoms with E-state index in [9.17, 15) is 34.2 Å². The molecule has 13 heteroatoms. The number of nitrogens with one attached hydrogen (secondary N) is 5. The highest BCUT2D eigenvalue weighted by atomic mass is 16.4. The van der Waals surface area contributed by atoms with Crippen LogP contribution in [0.15, 0.2) is 30.5 Å². The van der Waals surface area contributed by atoms with E-state index < -0.39 is 59.9 Å². The molecule has 1 aliphatic rings. The van der Waals surface area contributed by atoms with Gasteiger partial charge in [0.25, 0.3) is 0 Å². The molecule has 0 bridgehead atoms. The first-order valence-electron chi connectivity index (χ1n) is 12.5. The summed E-state index contributed by atoms with van der Waals surface area (Å²) in [5.74, 6) is -4.09. The number of aromatic nitrogens is 1. The molecule has 1 aliphatic heterocycles. The Morgan fingerprint density at radius 1 is 1.08 bits per heavy atom. The molecule has 0 saturated carbocycles. The fourth-order valence-corrected chi connectivity index (χ4v) is 4.38. The lowest BCUT2D eigenvalue weighted by atomic mass is 10.0. The first kappa shape index (κ1) is 28.6. The summed E-state index contributed by atoms with van der Waals surface area (Å²) in [6, 6.07) is 2.80. The minimum Gasteiger partial charge on any atom is -0.480 e. The number of hydrogen-bond acceptors (Lipinski definition) is 7. The van der Waals surface area contributed by atoms with E-state index in [1.807, 2.05) is 24.3 Å². The minimum absolute atomic E-state index is 0.0194. The highest BCUT2D eigenvalue weighted by molar-refractivity contribution is 5.95. The fraction of sp³-hybridized carbons (Fsp3) is 0.480. The maximum absolute atomic E-state index is 13.3. The van der Waals surface area contributed by atoms with E-state index in [2.05, 4.69) is 26.3 Å². The Kier molecular flexibility index (Phi) is 9.79. The predicted octanol–water partition coefficient (Wildman–Crippen LogP) is -1.35. The Hall–Kier alpha value is -3.97. The molecule has 38 heavy (non-hydrogen) atoms. The standard InChI is InChI=1S/C25H34N6O7/c1-13(32)21(25(37)38)31-24(36)19(11-14-12-28-16-6-3-2-5-15(14)16)30-23(35)18(8-9-20(26)33)29-22(34)17-7-4-10-27-17/h2-3,5-6,12-13,17-19,21,27-28,32H,4,7-11H2,1H3,(H2,26,33)(H,29,34)(H,30,35)(H,31,36)(H,37,38). The monoisotopic (exact) mass is 530 g/mol. The van der Waals surface area contributed by atoms with E-state index in [1.54, 1.807) is 6.20 Å². The molecule has 0 radical (unpaired) electrons.